The molecule has 35 heavy (non-hydrogen) atoms. The molecule has 1 aliphatic heterocycles. The SMILES string of the molecule is CCOc1ccc(C(=O)N2CCN(Cc3cc(=O)n4nc(-c5ccc(C)cc5)sc4n3)CC2)cc1. The standard InChI is InChI=1S/C26H27N5O3S/c1-3-34-22-10-8-20(9-11-22)25(33)30-14-12-29(13-15-30)17-21-16-23(32)31-26(27-21)35-24(28-31)19-6-4-18(2)5-7-19/h4-11,16H,3,12-15,17H2,1-2H3. The fourth-order valence-corrected chi connectivity index (χ4v) is 5.06. The number of amides is 1. The van der Waals surface area contributed by atoms with E-state index in [9.17, 15) is 9.59 Å². The van der Waals surface area contributed by atoms with Gasteiger partial charge in [0.05, 0.1) is 12.3 Å². The Morgan fingerprint density at radius 3 is 2.43 bits per heavy atom. The van der Waals surface area contributed by atoms with Crippen LogP contribution in [0, 0.1) is 6.92 Å². The van der Waals surface area contributed by atoms with Crippen molar-refractivity contribution in [2.24, 2.45) is 0 Å². The molecular formula is C26H27N5O3S. The number of benzene rings is 2. The van der Waals surface area contributed by atoms with E-state index in [0.29, 0.717) is 36.8 Å². The number of carbonyl (C=O) groups excluding carboxylic acids is 1. The smallest absolute Gasteiger partial charge is 0.275 e. The van der Waals surface area contributed by atoms with Crippen molar-refractivity contribution in [3.8, 4) is 16.3 Å². The van der Waals surface area contributed by atoms with Gasteiger partial charge in [0, 0.05) is 49.9 Å². The molecule has 4 aromatic rings. The van der Waals surface area contributed by atoms with Crippen molar-refractivity contribution in [3.63, 3.8) is 0 Å². The molecule has 0 aliphatic carbocycles. The predicted molar refractivity (Wildman–Crippen MR) is 136 cm³/mol. The molecular weight excluding hydrogens is 462 g/mol. The first-order valence-electron chi connectivity index (χ1n) is 11.7. The molecule has 1 amide bonds. The lowest BCUT2D eigenvalue weighted by atomic mass is 10.1. The second-order valence-electron chi connectivity index (χ2n) is 8.58. The van der Waals surface area contributed by atoms with Crippen LogP contribution in [0.5, 0.6) is 5.75 Å². The highest BCUT2D eigenvalue weighted by molar-refractivity contribution is 7.19. The van der Waals surface area contributed by atoms with Crippen LogP contribution in [0.15, 0.2) is 59.4 Å². The molecule has 2 aromatic carbocycles. The summed E-state index contributed by atoms with van der Waals surface area (Å²) in [5, 5.41) is 5.24. The van der Waals surface area contributed by atoms with Crippen molar-refractivity contribution in [2.75, 3.05) is 32.8 Å². The molecule has 2 aromatic heterocycles. The number of hydrogen-bond acceptors (Lipinski definition) is 7. The van der Waals surface area contributed by atoms with Crippen LogP contribution in [0.25, 0.3) is 15.5 Å². The number of rotatable bonds is 6. The van der Waals surface area contributed by atoms with Crippen LogP contribution in [0.2, 0.25) is 0 Å². The third-order valence-corrected chi connectivity index (χ3v) is 7.01. The van der Waals surface area contributed by atoms with E-state index < -0.39 is 0 Å². The summed E-state index contributed by atoms with van der Waals surface area (Å²) in [5.41, 5.74) is 3.36. The van der Waals surface area contributed by atoms with Crippen molar-refractivity contribution in [1.29, 1.82) is 0 Å². The summed E-state index contributed by atoms with van der Waals surface area (Å²) in [7, 11) is 0. The van der Waals surface area contributed by atoms with E-state index >= 15 is 0 Å². The molecule has 0 saturated carbocycles. The van der Waals surface area contributed by atoms with Gasteiger partial charge in [-0.15, -0.1) is 0 Å². The van der Waals surface area contributed by atoms with E-state index in [-0.39, 0.29) is 11.5 Å². The van der Waals surface area contributed by atoms with Gasteiger partial charge in [-0.2, -0.15) is 9.61 Å². The van der Waals surface area contributed by atoms with E-state index in [0.717, 1.165) is 35.1 Å². The maximum Gasteiger partial charge on any atom is 0.275 e. The van der Waals surface area contributed by atoms with Gasteiger partial charge in [-0.1, -0.05) is 41.2 Å². The van der Waals surface area contributed by atoms with Crippen molar-refractivity contribution >= 4 is 22.2 Å². The molecule has 0 bridgehead atoms. The Hall–Kier alpha value is -3.56. The average molecular weight is 490 g/mol. The molecule has 1 fully saturated rings. The van der Waals surface area contributed by atoms with Gasteiger partial charge in [-0.3, -0.25) is 14.5 Å². The van der Waals surface area contributed by atoms with E-state index in [4.69, 9.17) is 9.72 Å². The highest BCUT2D eigenvalue weighted by atomic mass is 32.1. The first-order valence-corrected chi connectivity index (χ1v) is 12.5. The minimum Gasteiger partial charge on any atom is -0.494 e. The van der Waals surface area contributed by atoms with E-state index in [1.807, 2.05) is 67.3 Å². The predicted octanol–water partition coefficient (Wildman–Crippen LogP) is 3.48. The lowest BCUT2D eigenvalue weighted by Gasteiger charge is -2.34. The second-order valence-corrected chi connectivity index (χ2v) is 9.54. The average Bonchev–Trinajstić information content (AvgIpc) is 3.30. The van der Waals surface area contributed by atoms with Gasteiger partial charge in [0.25, 0.3) is 11.5 Å². The molecule has 5 rings (SSSR count). The summed E-state index contributed by atoms with van der Waals surface area (Å²) in [6.07, 6.45) is 0. The third-order valence-electron chi connectivity index (χ3n) is 6.05. The first kappa shape index (κ1) is 23.2. The normalized spacial score (nSPS) is 14.4. The number of aromatic nitrogens is 3. The van der Waals surface area contributed by atoms with Crippen LogP contribution in [0.1, 0.15) is 28.5 Å². The lowest BCUT2D eigenvalue weighted by Crippen LogP contribution is -2.48. The molecule has 180 valence electrons. The molecule has 0 atom stereocenters. The Labute approximate surface area is 207 Å². The van der Waals surface area contributed by atoms with Gasteiger partial charge in [0.15, 0.2) is 0 Å². The van der Waals surface area contributed by atoms with E-state index in [1.165, 1.54) is 21.4 Å². The zero-order chi connectivity index (χ0) is 24.4. The van der Waals surface area contributed by atoms with Gasteiger partial charge < -0.3 is 9.64 Å². The molecule has 8 nitrogen and oxygen atoms in total. The Morgan fingerprint density at radius 1 is 1.03 bits per heavy atom. The zero-order valence-electron chi connectivity index (χ0n) is 19.8. The van der Waals surface area contributed by atoms with Crippen molar-refractivity contribution in [3.05, 3.63) is 81.8 Å². The number of hydrogen-bond donors (Lipinski definition) is 0. The molecule has 9 heteroatoms. The highest BCUT2D eigenvalue weighted by Gasteiger charge is 2.23. The van der Waals surface area contributed by atoms with Gasteiger partial charge in [0.1, 0.15) is 10.8 Å². The Morgan fingerprint density at radius 2 is 1.74 bits per heavy atom. The quantitative estimate of drug-likeness (QED) is 0.413. The van der Waals surface area contributed by atoms with Crippen molar-refractivity contribution in [1.82, 2.24) is 24.4 Å². The molecule has 0 spiro atoms. The molecule has 1 aliphatic rings. The van der Waals surface area contributed by atoms with Crippen molar-refractivity contribution in [2.45, 2.75) is 20.4 Å². The number of ether oxygens (including phenoxy) is 1. The summed E-state index contributed by atoms with van der Waals surface area (Å²) in [6, 6.07) is 16.9. The van der Waals surface area contributed by atoms with Crippen LogP contribution in [0.3, 0.4) is 0 Å². The Balaban J connectivity index is 1.23. The number of aryl methyl sites for hydroxylation is 1. The van der Waals surface area contributed by atoms with E-state index in [1.54, 1.807) is 6.07 Å². The fourth-order valence-electron chi connectivity index (χ4n) is 4.13. The summed E-state index contributed by atoms with van der Waals surface area (Å²) in [6.45, 7) is 7.84. The maximum atomic E-state index is 12.9. The summed E-state index contributed by atoms with van der Waals surface area (Å²) in [4.78, 5) is 34.9. The molecule has 1 saturated heterocycles. The first-order chi connectivity index (χ1) is 17.0. The number of fused-ring (bicyclic) bond motifs is 1. The molecule has 0 unspecified atom stereocenters. The fraction of sp³-hybridized carbons (Fsp3) is 0.308. The zero-order valence-corrected chi connectivity index (χ0v) is 20.6. The van der Waals surface area contributed by atoms with Crippen molar-refractivity contribution < 1.29 is 9.53 Å². The Kier molecular flexibility index (Phi) is 6.61. The van der Waals surface area contributed by atoms with Gasteiger partial charge in [0.2, 0.25) is 4.96 Å². The van der Waals surface area contributed by atoms with Crippen LogP contribution in [0.4, 0.5) is 0 Å². The summed E-state index contributed by atoms with van der Waals surface area (Å²) >= 11 is 1.41. The highest BCUT2D eigenvalue weighted by Crippen LogP contribution is 2.24. The number of nitrogens with zero attached hydrogens (tertiary/aromatic N) is 5. The monoisotopic (exact) mass is 489 g/mol. The lowest BCUT2D eigenvalue weighted by molar-refractivity contribution is 0.0627. The minimum absolute atomic E-state index is 0.0267. The number of piperazine rings is 1. The topological polar surface area (TPSA) is 80.0 Å². The summed E-state index contributed by atoms with van der Waals surface area (Å²) in [5.74, 6) is 0.792. The van der Waals surface area contributed by atoms with Crippen LogP contribution < -0.4 is 10.3 Å². The number of carbonyl (C=O) groups is 1. The van der Waals surface area contributed by atoms with Crippen LogP contribution in [-0.2, 0) is 6.54 Å². The molecule has 0 radical (unpaired) electrons. The van der Waals surface area contributed by atoms with Crippen LogP contribution in [-0.4, -0.2) is 63.1 Å². The van der Waals surface area contributed by atoms with Crippen LogP contribution >= 0.6 is 11.3 Å². The maximum absolute atomic E-state index is 12.9. The second kappa shape index (κ2) is 9.97. The minimum atomic E-state index is -0.177. The van der Waals surface area contributed by atoms with Gasteiger partial charge in [-0.25, -0.2) is 4.98 Å². The summed E-state index contributed by atoms with van der Waals surface area (Å²) < 4.78 is 6.83. The Bertz CT molecular complexity index is 1390. The molecule has 3 heterocycles. The molecule has 0 N–H and O–H groups in total. The third kappa shape index (κ3) is 5.11. The van der Waals surface area contributed by atoms with Gasteiger partial charge >= 0.3 is 0 Å². The van der Waals surface area contributed by atoms with Gasteiger partial charge in [-0.05, 0) is 38.1 Å². The van der Waals surface area contributed by atoms with E-state index in [2.05, 4.69) is 10.00 Å². The largest absolute Gasteiger partial charge is 0.494 e.